The summed E-state index contributed by atoms with van der Waals surface area (Å²) in [6.45, 7) is 1.18. The summed E-state index contributed by atoms with van der Waals surface area (Å²) in [6.07, 6.45) is 2.36. The molecule has 0 aromatic carbocycles. The van der Waals surface area contributed by atoms with Crippen molar-refractivity contribution in [3.8, 4) is 0 Å². The second-order valence-corrected chi connectivity index (χ2v) is 3.70. The Labute approximate surface area is 95.7 Å². The fraction of sp³-hybridized carbons (Fsp3) is 0.455. The predicted molar refractivity (Wildman–Crippen MR) is 64.6 cm³/mol. The average Bonchev–Trinajstić information content (AvgIpc) is 2.29. The number of amides is 1. The molecular weight excluding hydrogens is 204 g/mol. The first-order chi connectivity index (χ1) is 7.65. The number of carbonyl (C=O) groups is 1. The molecule has 5 heteroatoms. The number of nitrogens with one attached hydrogen (secondary N) is 1. The van der Waals surface area contributed by atoms with Gasteiger partial charge >= 0.3 is 0 Å². The van der Waals surface area contributed by atoms with Gasteiger partial charge in [0, 0.05) is 26.8 Å². The third-order valence-electron chi connectivity index (χ3n) is 2.13. The number of pyridine rings is 1. The standard InChI is InChI=1S/C11H18N4O/c1-15(2)10-5-4-9(8-14-10)11(16)13-7-3-6-12/h4-5,8H,3,6-7,12H2,1-2H3,(H,13,16). The zero-order valence-corrected chi connectivity index (χ0v) is 9.73. The second kappa shape index (κ2) is 6.07. The van der Waals surface area contributed by atoms with Crippen molar-refractivity contribution in [2.75, 3.05) is 32.1 Å². The van der Waals surface area contributed by atoms with Crippen molar-refractivity contribution in [2.45, 2.75) is 6.42 Å². The summed E-state index contributed by atoms with van der Waals surface area (Å²) in [5.74, 6) is 0.727. The van der Waals surface area contributed by atoms with Gasteiger partial charge in [-0.05, 0) is 25.1 Å². The Morgan fingerprint density at radius 2 is 2.25 bits per heavy atom. The fourth-order valence-electron chi connectivity index (χ4n) is 1.19. The minimum absolute atomic E-state index is 0.105. The van der Waals surface area contributed by atoms with E-state index >= 15 is 0 Å². The van der Waals surface area contributed by atoms with Crippen molar-refractivity contribution in [3.05, 3.63) is 23.9 Å². The number of aromatic nitrogens is 1. The summed E-state index contributed by atoms with van der Waals surface area (Å²) < 4.78 is 0. The summed E-state index contributed by atoms with van der Waals surface area (Å²) in [7, 11) is 3.81. The maximum atomic E-state index is 11.6. The van der Waals surface area contributed by atoms with Crippen LogP contribution in [0.15, 0.2) is 18.3 Å². The highest BCUT2D eigenvalue weighted by molar-refractivity contribution is 5.94. The van der Waals surface area contributed by atoms with Crippen LogP contribution in [0.4, 0.5) is 5.82 Å². The Bertz CT molecular complexity index is 334. The zero-order valence-electron chi connectivity index (χ0n) is 9.73. The number of rotatable bonds is 5. The van der Waals surface area contributed by atoms with Gasteiger partial charge in [0.2, 0.25) is 0 Å². The van der Waals surface area contributed by atoms with Crippen LogP contribution >= 0.6 is 0 Å². The molecule has 0 aliphatic carbocycles. The van der Waals surface area contributed by atoms with Crippen LogP contribution in [0.3, 0.4) is 0 Å². The molecule has 1 aromatic heterocycles. The number of hydrogen-bond acceptors (Lipinski definition) is 4. The van der Waals surface area contributed by atoms with Crippen molar-refractivity contribution in [1.82, 2.24) is 10.3 Å². The zero-order chi connectivity index (χ0) is 12.0. The summed E-state index contributed by atoms with van der Waals surface area (Å²) in [5, 5.41) is 2.78. The van der Waals surface area contributed by atoms with Crippen molar-refractivity contribution in [3.63, 3.8) is 0 Å². The Kier molecular flexibility index (Phi) is 4.72. The first-order valence-electron chi connectivity index (χ1n) is 5.27. The molecule has 0 aliphatic rings. The van der Waals surface area contributed by atoms with Gasteiger partial charge in [0.1, 0.15) is 5.82 Å². The van der Waals surface area contributed by atoms with E-state index in [1.165, 1.54) is 0 Å². The van der Waals surface area contributed by atoms with Crippen LogP contribution in [0.5, 0.6) is 0 Å². The van der Waals surface area contributed by atoms with E-state index in [4.69, 9.17) is 5.73 Å². The van der Waals surface area contributed by atoms with Gasteiger partial charge in [0.25, 0.3) is 5.91 Å². The lowest BCUT2D eigenvalue weighted by Gasteiger charge is -2.11. The van der Waals surface area contributed by atoms with Gasteiger partial charge in [-0.15, -0.1) is 0 Å². The molecule has 1 amide bonds. The Morgan fingerprint density at radius 3 is 2.75 bits per heavy atom. The largest absolute Gasteiger partial charge is 0.363 e. The molecule has 0 aliphatic heterocycles. The van der Waals surface area contributed by atoms with Crippen molar-refractivity contribution in [1.29, 1.82) is 0 Å². The molecule has 1 heterocycles. The van der Waals surface area contributed by atoms with Crippen LogP contribution in [0.25, 0.3) is 0 Å². The molecule has 3 N–H and O–H groups in total. The van der Waals surface area contributed by atoms with Gasteiger partial charge in [-0.3, -0.25) is 4.79 Å². The molecule has 0 fully saturated rings. The van der Waals surface area contributed by atoms with Gasteiger partial charge < -0.3 is 16.0 Å². The number of nitrogens with two attached hydrogens (primary N) is 1. The maximum absolute atomic E-state index is 11.6. The third kappa shape index (κ3) is 3.51. The van der Waals surface area contributed by atoms with E-state index in [-0.39, 0.29) is 5.91 Å². The van der Waals surface area contributed by atoms with Crippen LogP contribution in [0.1, 0.15) is 16.8 Å². The molecule has 5 nitrogen and oxygen atoms in total. The first-order valence-corrected chi connectivity index (χ1v) is 5.27. The highest BCUT2D eigenvalue weighted by atomic mass is 16.1. The molecule has 0 saturated carbocycles. The lowest BCUT2D eigenvalue weighted by atomic mass is 10.2. The Morgan fingerprint density at radius 1 is 1.50 bits per heavy atom. The number of hydrogen-bond donors (Lipinski definition) is 2. The van der Waals surface area contributed by atoms with E-state index in [1.54, 1.807) is 12.3 Å². The molecule has 88 valence electrons. The normalized spacial score (nSPS) is 9.94. The predicted octanol–water partition coefficient (Wildman–Crippen LogP) is 0.226. The maximum Gasteiger partial charge on any atom is 0.252 e. The van der Waals surface area contributed by atoms with E-state index < -0.39 is 0 Å². The lowest BCUT2D eigenvalue weighted by molar-refractivity contribution is 0.0953. The molecule has 0 unspecified atom stereocenters. The topological polar surface area (TPSA) is 71.2 Å². The molecule has 1 rings (SSSR count). The van der Waals surface area contributed by atoms with Crippen LogP contribution in [-0.2, 0) is 0 Å². The molecule has 0 atom stereocenters. The average molecular weight is 222 g/mol. The number of nitrogens with zero attached hydrogens (tertiary/aromatic N) is 2. The van der Waals surface area contributed by atoms with E-state index in [9.17, 15) is 4.79 Å². The third-order valence-corrected chi connectivity index (χ3v) is 2.13. The van der Waals surface area contributed by atoms with Crippen LogP contribution in [-0.4, -0.2) is 38.1 Å². The van der Waals surface area contributed by atoms with Crippen LogP contribution in [0, 0.1) is 0 Å². The Hall–Kier alpha value is -1.62. The Balaban J connectivity index is 2.56. The van der Waals surface area contributed by atoms with E-state index in [2.05, 4.69) is 10.3 Å². The van der Waals surface area contributed by atoms with Gasteiger partial charge in [-0.2, -0.15) is 0 Å². The summed E-state index contributed by atoms with van der Waals surface area (Å²) >= 11 is 0. The van der Waals surface area contributed by atoms with Gasteiger partial charge in [-0.25, -0.2) is 4.98 Å². The SMILES string of the molecule is CN(C)c1ccc(C(=O)NCCCN)cn1. The molecule has 1 aromatic rings. The summed E-state index contributed by atoms with van der Waals surface area (Å²) in [6, 6.07) is 3.58. The monoisotopic (exact) mass is 222 g/mol. The molecular formula is C11H18N4O. The summed E-state index contributed by atoms with van der Waals surface area (Å²) in [4.78, 5) is 17.6. The first kappa shape index (κ1) is 12.4. The van der Waals surface area contributed by atoms with Crippen LogP contribution in [0.2, 0.25) is 0 Å². The van der Waals surface area contributed by atoms with Crippen molar-refractivity contribution < 1.29 is 4.79 Å². The quantitative estimate of drug-likeness (QED) is 0.699. The molecule has 16 heavy (non-hydrogen) atoms. The van der Waals surface area contributed by atoms with Crippen LogP contribution < -0.4 is 16.0 Å². The van der Waals surface area contributed by atoms with Gasteiger partial charge in [-0.1, -0.05) is 0 Å². The lowest BCUT2D eigenvalue weighted by Crippen LogP contribution is -2.26. The minimum atomic E-state index is -0.105. The van der Waals surface area contributed by atoms with Gasteiger partial charge in [0.15, 0.2) is 0 Å². The van der Waals surface area contributed by atoms with E-state index in [1.807, 2.05) is 25.1 Å². The van der Waals surface area contributed by atoms with Crippen molar-refractivity contribution >= 4 is 11.7 Å². The number of carbonyl (C=O) groups excluding carboxylic acids is 1. The fourth-order valence-corrected chi connectivity index (χ4v) is 1.19. The summed E-state index contributed by atoms with van der Waals surface area (Å²) in [5.41, 5.74) is 5.91. The van der Waals surface area contributed by atoms with Gasteiger partial charge in [0.05, 0.1) is 5.56 Å². The molecule has 0 saturated heterocycles. The van der Waals surface area contributed by atoms with E-state index in [0.29, 0.717) is 18.7 Å². The molecule has 0 bridgehead atoms. The number of anilines is 1. The highest BCUT2D eigenvalue weighted by Crippen LogP contribution is 2.07. The smallest absolute Gasteiger partial charge is 0.252 e. The minimum Gasteiger partial charge on any atom is -0.363 e. The molecule has 0 radical (unpaired) electrons. The second-order valence-electron chi connectivity index (χ2n) is 3.70. The highest BCUT2D eigenvalue weighted by Gasteiger charge is 2.05. The van der Waals surface area contributed by atoms with Crippen molar-refractivity contribution in [2.24, 2.45) is 5.73 Å². The van der Waals surface area contributed by atoms with E-state index in [0.717, 1.165) is 12.2 Å². The molecule has 0 spiro atoms.